The zero-order chi connectivity index (χ0) is 14.5. The van der Waals surface area contributed by atoms with E-state index in [1.807, 2.05) is 0 Å². The summed E-state index contributed by atoms with van der Waals surface area (Å²) in [5, 5.41) is 8.72. The second-order valence-electron chi connectivity index (χ2n) is 4.38. The maximum Gasteiger partial charge on any atom is 0.325 e. The van der Waals surface area contributed by atoms with Crippen LogP contribution in [0.1, 0.15) is 6.42 Å². The normalized spacial score (nSPS) is 34.3. The summed E-state index contributed by atoms with van der Waals surface area (Å²) < 4.78 is 32.4. The van der Waals surface area contributed by atoms with E-state index in [2.05, 4.69) is 0 Å². The van der Waals surface area contributed by atoms with Gasteiger partial charge in [0.15, 0.2) is 0 Å². The van der Waals surface area contributed by atoms with E-state index < -0.39 is 31.9 Å². The fourth-order valence-electron chi connectivity index (χ4n) is 1.88. The number of hydrogen-bond donors (Lipinski definition) is 2. The molecule has 0 aliphatic carbocycles. The topological polar surface area (TPSA) is 94.5 Å². The molecule has 19 heavy (non-hydrogen) atoms. The molecule has 0 aromatic carbocycles. The van der Waals surface area contributed by atoms with Crippen LogP contribution >= 0.6 is 7.60 Å². The molecule has 1 aliphatic rings. The first kappa shape index (κ1) is 17.1. The molecular weight excluding hydrogens is 274 g/mol. The van der Waals surface area contributed by atoms with Gasteiger partial charge in [-0.1, -0.05) is 0 Å². The molecule has 1 rings (SSSR count). The SMILES string of the molecule is [B][C@@H]1O[C@H](COC)C(OP(C)(=O)O)[C@@H]1OCCCO. The predicted octanol–water partition coefficient (Wildman–Crippen LogP) is -0.506. The lowest BCUT2D eigenvalue weighted by atomic mass is 9.93. The van der Waals surface area contributed by atoms with Crippen LogP contribution in [0.2, 0.25) is 0 Å². The van der Waals surface area contributed by atoms with Gasteiger partial charge in [0, 0.05) is 33.0 Å². The lowest BCUT2D eigenvalue weighted by molar-refractivity contribution is -0.0266. The van der Waals surface area contributed by atoms with Crippen molar-refractivity contribution in [2.45, 2.75) is 30.7 Å². The minimum absolute atomic E-state index is 0.0118. The van der Waals surface area contributed by atoms with Gasteiger partial charge in [0.25, 0.3) is 0 Å². The van der Waals surface area contributed by atoms with Crippen LogP contribution in [0.5, 0.6) is 0 Å². The molecule has 2 radical (unpaired) electrons. The fourth-order valence-corrected chi connectivity index (χ4v) is 2.59. The number of hydrogen-bond acceptors (Lipinski definition) is 6. The predicted molar refractivity (Wildman–Crippen MR) is 68.4 cm³/mol. The summed E-state index contributed by atoms with van der Waals surface area (Å²) in [6, 6.07) is -0.768. The molecule has 5 atom stereocenters. The largest absolute Gasteiger partial charge is 0.396 e. The molecule has 2 N–H and O–H groups in total. The van der Waals surface area contributed by atoms with E-state index in [0.29, 0.717) is 6.42 Å². The molecule has 0 bridgehead atoms. The lowest BCUT2D eigenvalue weighted by Gasteiger charge is -2.25. The van der Waals surface area contributed by atoms with Crippen LogP contribution in [-0.4, -0.2) is 75.8 Å². The van der Waals surface area contributed by atoms with Crippen LogP contribution in [-0.2, 0) is 23.3 Å². The third-order valence-electron chi connectivity index (χ3n) is 2.61. The molecule has 0 saturated carbocycles. The molecule has 1 heterocycles. The summed E-state index contributed by atoms with van der Waals surface area (Å²) in [6.07, 6.45) is -1.59. The van der Waals surface area contributed by atoms with Gasteiger partial charge in [0.2, 0.25) is 0 Å². The van der Waals surface area contributed by atoms with Crippen molar-refractivity contribution in [3.63, 3.8) is 0 Å². The summed E-state index contributed by atoms with van der Waals surface area (Å²) in [7, 11) is 3.56. The summed E-state index contributed by atoms with van der Waals surface area (Å²) in [4.78, 5) is 9.34. The Morgan fingerprint density at radius 3 is 2.63 bits per heavy atom. The van der Waals surface area contributed by atoms with Gasteiger partial charge in [-0.15, -0.1) is 0 Å². The van der Waals surface area contributed by atoms with Gasteiger partial charge < -0.3 is 24.2 Å². The summed E-state index contributed by atoms with van der Waals surface area (Å²) in [5.74, 6) is 0. The van der Waals surface area contributed by atoms with Gasteiger partial charge in [0.05, 0.1) is 6.61 Å². The monoisotopic (exact) mass is 294 g/mol. The third kappa shape index (κ3) is 5.51. The highest BCUT2D eigenvalue weighted by atomic mass is 31.2. The Balaban J connectivity index is 2.70. The van der Waals surface area contributed by atoms with Gasteiger partial charge >= 0.3 is 7.60 Å². The maximum atomic E-state index is 11.4. The second kappa shape index (κ2) is 7.74. The zero-order valence-corrected chi connectivity index (χ0v) is 12.0. The van der Waals surface area contributed by atoms with Crippen molar-refractivity contribution >= 4 is 15.4 Å². The van der Waals surface area contributed by atoms with Crippen molar-refractivity contribution in [3.05, 3.63) is 0 Å². The molecule has 2 unspecified atom stereocenters. The second-order valence-corrected chi connectivity index (χ2v) is 6.20. The number of ether oxygens (including phenoxy) is 3. The van der Waals surface area contributed by atoms with Gasteiger partial charge in [-0.05, 0) is 6.42 Å². The Morgan fingerprint density at radius 1 is 1.42 bits per heavy atom. The van der Waals surface area contributed by atoms with E-state index in [-0.39, 0.29) is 19.8 Å². The highest BCUT2D eigenvalue weighted by molar-refractivity contribution is 7.51. The molecule has 1 aliphatic heterocycles. The molecular formula is C10H20BO7P. The highest BCUT2D eigenvalue weighted by Crippen LogP contribution is 2.42. The zero-order valence-electron chi connectivity index (χ0n) is 11.1. The Kier molecular flexibility index (Phi) is 6.97. The van der Waals surface area contributed by atoms with Crippen LogP contribution in [0, 0.1) is 0 Å². The summed E-state index contributed by atoms with van der Waals surface area (Å²) >= 11 is 0. The average molecular weight is 294 g/mol. The van der Waals surface area contributed by atoms with E-state index >= 15 is 0 Å². The number of aliphatic hydroxyl groups is 1. The van der Waals surface area contributed by atoms with Crippen molar-refractivity contribution < 1.29 is 33.3 Å². The van der Waals surface area contributed by atoms with Crippen LogP contribution in [0.15, 0.2) is 0 Å². The van der Waals surface area contributed by atoms with E-state index in [1.54, 1.807) is 0 Å². The average Bonchev–Trinajstić information content (AvgIpc) is 2.56. The van der Waals surface area contributed by atoms with Crippen LogP contribution < -0.4 is 0 Å². The van der Waals surface area contributed by atoms with E-state index in [0.717, 1.165) is 6.66 Å². The van der Waals surface area contributed by atoms with Gasteiger partial charge in [0.1, 0.15) is 26.2 Å². The van der Waals surface area contributed by atoms with Crippen LogP contribution in [0.4, 0.5) is 0 Å². The fraction of sp³-hybridized carbons (Fsp3) is 1.00. The Morgan fingerprint density at radius 2 is 2.11 bits per heavy atom. The maximum absolute atomic E-state index is 11.4. The number of rotatable bonds is 8. The first-order chi connectivity index (χ1) is 8.89. The van der Waals surface area contributed by atoms with Gasteiger partial charge in [-0.3, -0.25) is 9.09 Å². The smallest absolute Gasteiger partial charge is 0.325 e. The quantitative estimate of drug-likeness (QED) is 0.354. The Hall–Kier alpha value is 0.0549. The molecule has 0 aromatic heterocycles. The Bertz CT molecular complexity index is 310. The van der Waals surface area contributed by atoms with Gasteiger partial charge in [-0.2, -0.15) is 0 Å². The van der Waals surface area contributed by atoms with Crippen LogP contribution in [0.25, 0.3) is 0 Å². The number of aliphatic hydroxyl groups excluding tert-OH is 1. The van der Waals surface area contributed by atoms with Gasteiger partial charge in [-0.25, -0.2) is 0 Å². The standard InChI is InChI=1S/C10H20BO7P/c1-15-6-7-8(18-19(2,13)14)9(10(11)17-7)16-5-3-4-12/h7-10,12H,3-6H2,1-2H3,(H,13,14)/t7-,8?,9+,10-/m1/s1. The van der Waals surface area contributed by atoms with E-state index in [4.69, 9.17) is 31.7 Å². The summed E-state index contributed by atoms with van der Waals surface area (Å²) in [6.45, 7) is 1.52. The molecule has 0 amide bonds. The van der Waals surface area contributed by atoms with Crippen molar-refractivity contribution in [3.8, 4) is 0 Å². The highest BCUT2D eigenvalue weighted by Gasteiger charge is 2.45. The van der Waals surface area contributed by atoms with E-state index in [1.165, 1.54) is 7.11 Å². The van der Waals surface area contributed by atoms with Crippen molar-refractivity contribution in [1.82, 2.24) is 0 Å². The minimum atomic E-state index is -3.70. The summed E-state index contributed by atoms with van der Waals surface area (Å²) in [5.41, 5.74) is 0. The molecule has 0 aromatic rings. The lowest BCUT2D eigenvalue weighted by Crippen LogP contribution is -2.38. The third-order valence-corrected chi connectivity index (χ3v) is 3.24. The number of methoxy groups -OCH3 is 1. The van der Waals surface area contributed by atoms with E-state index in [9.17, 15) is 9.46 Å². The van der Waals surface area contributed by atoms with Crippen molar-refractivity contribution in [2.75, 3.05) is 33.6 Å². The van der Waals surface area contributed by atoms with Crippen LogP contribution in [0.3, 0.4) is 0 Å². The molecule has 110 valence electrons. The first-order valence-corrected chi connectivity index (χ1v) is 8.02. The molecule has 1 fully saturated rings. The van der Waals surface area contributed by atoms with Crippen molar-refractivity contribution in [1.29, 1.82) is 0 Å². The minimum Gasteiger partial charge on any atom is -0.396 e. The molecule has 1 saturated heterocycles. The molecule has 7 nitrogen and oxygen atoms in total. The molecule has 9 heteroatoms. The Labute approximate surface area is 114 Å². The first-order valence-electron chi connectivity index (χ1n) is 6.00. The van der Waals surface area contributed by atoms with Crippen molar-refractivity contribution in [2.24, 2.45) is 0 Å². The molecule has 0 spiro atoms.